The SMILES string of the molecule is CC(Nc1nccc(-n2nnnc2C2CC2)n1)c1cc2cc(Cl)ccc2[nH]c1=O. The number of H-pyrrole nitrogens is 1. The van der Waals surface area contributed by atoms with Crippen LogP contribution >= 0.6 is 11.6 Å². The van der Waals surface area contributed by atoms with E-state index in [2.05, 4.69) is 35.8 Å². The van der Waals surface area contributed by atoms with E-state index in [0.29, 0.717) is 28.3 Å². The molecule has 0 aliphatic heterocycles. The summed E-state index contributed by atoms with van der Waals surface area (Å²) in [6.07, 6.45) is 3.81. The molecule has 0 spiro atoms. The fraction of sp³-hybridized carbons (Fsp3) is 0.263. The molecule has 1 atom stereocenters. The molecule has 1 aromatic carbocycles. The first kappa shape index (κ1) is 17.7. The number of halogens is 1. The first-order valence-corrected chi connectivity index (χ1v) is 9.67. The summed E-state index contributed by atoms with van der Waals surface area (Å²) in [6, 6.07) is 8.61. The molecule has 1 aliphatic carbocycles. The molecule has 3 heterocycles. The highest BCUT2D eigenvalue weighted by molar-refractivity contribution is 6.31. The van der Waals surface area contributed by atoms with Crippen LogP contribution in [0.2, 0.25) is 5.02 Å². The van der Waals surface area contributed by atoms with Gasteiger partial charge in [-0.3, -0.25) is 4.79 Å². The Balaban J connectivity index is 1.44. The van der Waals surface area contributed by atoms with E-state index in [1.54, 1.807) is 29.1 Å². The summed E-state index contributed by atoms with van der Waals surface area (Å²) in [6.45, 7) is 1.88. The second-order valence-electron chi connectivity index (χ2n) is 7.11. The van der Waals surface area contributed by atoms with E-state index in [1.165, 1.54) is 0 Å². The Morgan fingerprint density at radius 3 is 2.97 bits per heavy atom. The second-order valence-corrected chi connectivity index (χ2v) is 7.55. The summed E-state index contributed by atoms with van der Waals surface area (Å²) in [5, 5.41) is 16.6. The highest BCUT2D eigenvalue weighted by Gasteiger charge is 2.30. The van der Waals surface area contributed by atoms with Crippen LogP contribution in [0.1, 0.15) is 43.1 Å². The molecule has 1 fully saturated rings. The molecule has 10 heteroatoms. The maximum Gasteiger partial charge on any atom is 0.253 e. The quantitative estimate of drug-likeness (QED) is 0.521. The van der Waals surface area contributed by atoms with Crippen LogP contribution in [-0.2, 0) is 0 Å². The van der Waals surface area contributed by atoms with Gasteiger partial charge in [-0.1, -0.05) is 11.6 Å². The number of fused-ring (bicyclic) bond motifs is 1. The number of hydrogen-bond donors (Lipinski definition) is 2. The Morgan fingerprint density at radius 2 is 2.14 bits per heavy atom. The molecule has 3 aromatic heterocycles. The largest absolute Gasteiger partial charge is 0.347 e. The van der Waals surface area contributed by atoms with Gasteiger partial charge < -0.3 is 10.3 Å². The van der Waals surface area contributed by atoms with Crippen LogP contribution in [0.5, 0.6) is 0 Å². The van der Waals surface area contributed by atoms with Crippen molar-refractivity contribution >= 4 is 28.5 Å². The molecule has 2 N–H and O–H groups in total. The van der Waals surface area contributed by atoms with Gasteiger partial charge >= 0.3 is 0 Å². The zero-order chi connectivity index (χ0) is 20.0. The Hall–Kier alpha value is -3.33. The third-order valence-electron chi connectivity index (χ3n) is 4.94. The second kappa shape index (κ2) is 6.93. The van der Waals surface area contributed by atoms with Gasteiger partial charge in [0, 0.05) is 39.7 Å². The van der Waals surface area contributed by atoms with Gasteiger partial charge in [0.15, 0.2) is 11.6 Å². The molecule has 5 rings (SSSR count). The molecule has 1 unspecified atom stereocenters. The number of nitrogens with zero attached hydrogens (tertiary/aromatic N) is 6. The molecular formula is C19H17ClN8O. The third-order valence-corrected chi connectivity index (χ3v) is 5.18. The van der Waals surface area contributed by atoms with Gasteiger partial charge in [-0.25, -0.2) is 4.98 Å². The average molecular weight is 409 g/mol. The lowest BCUT2D eigenvalue weighted by Gasteiger charge is -2.14. The van der Waals surface area contributed by atoms with Crippen molar-refractivity contribution in [2.75, 3.05) is 5.32 Å². The van der Waals surface area contributed by atoms with E-state index in [-0.39, 0.29) is 11.6 Å². The van der Waals surface area contributed by atoms with Crippen molar-refractivity contribution in [3.05, 3.63) is 63.3 Å². The Bertz CT molecular complexity index is 1260. The van der Waals surface area contributed by atoms with E-state index in [0.717, 1.165) is 29.6 Å². The topological polar surface area (TPSA) is 114 Å². The van der Waals surface area contributed by atoms with Crippen molar-refractivity contribution < 1.29 is 0 Å². The number of hydrogen-bond acceptors (Lipinski definition) is 7. The van der Waals surface area contributed by atoms with Gasteiger partial charge in [-0.2, -0.15) is 9.67 Å². The van der Waals surface area contributed by atoms with Gasteiger partial charge in [-0.05, 0) is 54.5 Å². The lowest BCUT2D eigenvalue weighted by molar-refractivity contribution is 0.738. The van der Waals surface area contributed by atoms with E-state index in [4.69, 9.17) is 11.6 Å². The van der Waals surface area contributed by atoms with Crippen molar-refractivity contribution in [1.29, 1.82) is 0 Å². The van der Waals surface area contributed by atoms with E-state index in [9.17, 15) is 4.79 Å². The molecule has 9 nitrogen and oxygen atoms in total. The lowest BCUT2D eigenvalue weighted by atomic mass is 10.1. The number of nitrogens with one attached hydrogen (secondary N) is 2. The number of aromatic nitrogens is 7. The highest BCUT2D eigenvalue weighted by atomic mass is 35.5. The summed E-state index contributed by atoms with van der Waals surface area (Å²) in [7, 11) is 0. The maximum absolute atomic E-state index is 12.5. The first-order valence-electron chi connectivity index (χ1n) is 9.29. The number of pyridine rings is 1. The minimum atomic E-state index is -0.325. The minimum Gasteiger partial charge on any atom is -0.347 e. The molecule has 0 radical (unpaired) electrons. The van der Waals surface area contributed by atoms with Crippen LogP contribution in [0.4, 0.5) is 5.95 Å². The molecule has 0 saturated heterocycles. The van der Waals surface area contributed by atoms with Gasteiger partial charge in [-0.15, -0.1) is 5.10 Å². The smallest absolute Gasteiger partial charge is 0.253 e. The normalized spacial score (nSPS) is 14.8. The van der Waals surface area contributed by atoms with E-state index < -0.39 is 0 Å². The van der Waals surface area contributed by atoms with Crippen molar-refractivity contribution in [2.24, 2.45) is 0 Å². The molecule has 1 saturated carbocycles. The fourth-order valence-electron chi connectivity index (χ4n) is 3.28. The van der Waals surface area contributed by atoms with Gasteiger partial charge in [0.05, 0.1) is 6.04 Å². The minimum absolute atomic E-state index is 0.174. The summed E-state index contributed by atoms with van der Waals surface area (Å²) >= 11 is 6.08. The molecule has 29 heavy (non-hydrogen) atoms. The Morgan fingerprint density at radius 1 is 1.28 bits per heavy atom. The van der Waals surface area contributed by atoms with E-state index >= 15 is 0 Å². The highest BCUT2D eigenvalue weighted by Crippen LogP contribution is 2.38. The molecule has 4 aromatic rings. The number of aromatic amines is 1. The van der Waals surface area contributed by atoms with Crippen LogP contribution in [0.15, 0.2) is 41.3 Å². The maximum atomic E-state index is 12.5. The Kier molecular flexibility index (Phi) is 4.24. The van der Waals surface area contributed by atoms with Crippen LogP contribution < -0.4 is 10.9 Å². The zero-order valence-electron chi connectivity index (χ0n) is 15.5. The fourth-order valence-corrected chi connectivity index (χ4v) is 3.46. The van der Waals surface area contributed by atoms with Crippen molar-refractivity contribution in [3.8, 4) is 5.82 Å². The van der Waals surface area contributed by atoms with Crippen molar-refractivity contribution in [1.82, 2.24) is 35.2 Å². The molecule has 0 amide bonds. The summed E-state index contributed by atoms with van der Waals surface area (Å²) in [5.41, 5.74) is 1.13. The van der Waals surface area contributed by atoms with Gasteiger partial charge in [0.25, 0.3) is 5.56 Å². The lowest BCUT2D eigenvalue weighted by Crippen LogP contribution is -2.20. The standard InChI is InChI=1S/C19H17ClN8O/c1-10(14-9-12-8-13(20)4-5-15(12)23-18(14)29)22-19-21-7-6-16(24-19)28-17(11-2-3-11)25-26-27-28/h4-11H,2-3H2,1H3,(H,23,29)(H,21,22,24). The number of tetrazole rings is 1. The molecule has 0 bridgehead atoms. The number of benzene rings is 1. The molecule has 1 aliphatic rings. The third kappa shape index (κ3) is 3.44. The number of anilines is 1. The Labute approximate surface area is 170 Å². The molecule has 146 valence electrons. The number of rotatable bonds is 5. The monoisotopic (exact) mass is 408 g/mol. The zero-order valence-corrected chi connectivity index (χ0v) is 16.3. The van der Waals surface area contributed by atoms with Gasteiger partial charge in [0.2, 0.25) is 5.95 Å². The van der Waals surface area contributed by atoms with Gasteiger partial charge in [0.1, 0.15) is 0 Å². The van der Waals surface area contributed by atoms with Crippen LogP contribution in [0.3, 0.4) is 0 Å². The van der Waals surface area contributed by atoms with Crippen LogP contribution in [0.25, 0.3) is 16.7 Å². The van der Waals surface area contributed by atoms with Crippen LogP contribution in [0, 0.1) is 0 Å². The van der Waals surface area contributed by atoms with Crippen LogP contribution in [-0.4, -0.2) is 35.2 Å². The summed E-state index contributed by atoms with van der Waals surface area (Å²) in [4.78, 5) is 24.2. The predicted molar refractivity (Wildman–Crippen MR) is 108 cm³/mol. The van der Waals surface area contributed by atoms with Crippen molar-refractivity contribution in [3.63, 3.8) is 0 Å². The average Bonchev–Trinajstić information content (AvgIpc) is 3.44. The first-order chi connectivity index (χ1) is 14.1. The predicted octanol–water partition coefficient (Wildman–Crippen LogP) is 3.00. The van der Waals surface area contributed by atoms with Crippen molar-refractivity contribution in [2.45, 2.75) is 31.7 Å². The summed E-state index contributed by atoms with van der Waals surface area (Å²) in [5.74, 6) is 2.17. The van der Waals surface area contributed by atoms with E-state index in [1.807, 2.05) is 19.1 Å². The molecular weight excluding hydrogens is 392 g/mol. The summed E-state index contributed by atoms with van der Waals surface area (Å²) < 4.78 is 1.64.